The number of rotatable bonds is 3. The van der Waals surface area contributed by atoms with Gasteiger partial charge in [0.05, 0.1) is 12.6 Å². The van der Waals surface area contributed by atoms with Crippen LogP contribution >= 0.6 is 11.6 Å². The Hall–Kier alpha value is -1.66. The lowest BCUT2D eigenvalue weighted by atomic mass is 9.98. The summed E-state index contributed by atoms with van der Waals surface area (Å²) in [5.41, 5.74) is 0.771. The largest absolute Gasteiger partial charge is 0.392 e. The minimum Gasteiger partial charge on any atom is -0.392 e. The topological polar surface area (TPSA) is 60.9 Å². The molecule has 1 saturated heterocycles. The molecule has 0 spiro atoms. The van der Waals surface area contributed by atoms with E-state index >= 15 is 0 Å². The molecule has 2 rings (SSSR count). The van der Waals surface area contributed by atoms with Crippen molar-refractivity contribution < 1.29 is 19.1 Å². The van der Waals surface area contributed by atoms with Gasteiger partial charge in [0, 0.05) is 17.6 Å². The Morgan fingerprint density at radius 3 is 2.68 bits per heavy atom. The van der Waals surface area contributed by atoms with Crippen LogP contribution in [0.5, 0.6) is 0 Å². The molecular weight excluding hydrogens is 311 g/mol. The molecule has 0 aromatic heterocycles. The highest BCUT2D eigenvalue weighted by Gasteiger charge is 2.37. The van der Waals surface area contributed by atoms with Gasteiger partial charge in [-0.15, -0.1) is 0 Å². The standard InChI is InChI=1S/C15H18ClFN2O3/c1-8(11-4-10(17)5-13(16)12(11)7-20)19-6-14(21)18(3)9(2)15(19)22/h4-5,8-9,20H,6-7H2,1-3H3/t8-,9-/m0/s1. The van der Waals surface area contributed by atoms with Crippen LogP contribution in [0.3, 0.4) is 0 Å². The third-order valence-corrected chi connectivity index (χ3v) is 4.53. The Bertz CT molecular complexity index is 623. The Balaban J connectivity index is 2.42. The predicted molar refractivity (Wildman–Crippen MR) is 79.7 cm³/mol. The van der Waals surface area contributed by atoms with Crippen LogP contribution in [0, 0.1) is 5.82 Å². The first-order valence-electron chi connectivity index (χ1n) is 6.92. The molecular formula is C15H18ClFN2O3. The van der Waals surface area contributed by atoms with Crippen LogP contribution in [0.25, 0.3) is 0 Å². The lowest BCUT2D eigenvalue weighted by molar-refractivity contribution is -0.155. The summed E-state index contributed by atoms with van der Waals surface area (Å²) in [6.07, 6.45) is 0. The van der Waals surface area contributed by atoms with Crippen LogP contribution < -0.4 is 0 Å². The number of amides is 2. The van der Waals surface area contributed by atoms with Crippen LogP contribution in [0.15, 0.2) is 12.1 Å². The van der Waals surface area contributed by atoms with Gasteiger partial charge < -0.3 is 14.9 Å². The molecule has 2 atom stereocenters. The lowest BCUT2D eigenvalue weighted by Gasteiger charge is -2.40. The summed E-state index contributed by atoms with van der Waals surface area (Å²) in [5, 5.41) is 9.57. The highest BCUT2D eigenvalue weighted by molar-refractivity contribution is 6.31. The second-order valence-electron chi connectivity index (χ2n) is 5.44. The fraction of sp³-hybridized carbons (Fsp3) is 0.467. The number of hydrogen-bond donors (Lipinski definition) is 1. The molecule has 0 radical (unpaired) electrons. The molecule has 1 aromatic carbocycles. The summed E-state index contributed by atoms with van der Waals surface area (Å²) >= 11 is 5.96. The summed E-state index contributed by atoms with van der Waals surface area (Å²) in [4.78, 5) is 27.1. The molecule has 1 aliphatic heterocycles. The second kappa shape index (κ2) is 6.22. The molecule has 0 aliphatic carbocycles. The average Bonchev–Trinajstić information content (AvgIpc) is 2.47. The number of nitrogens with zero attached hydrogens (tertiary/aromatic N) is 2. The summed E-state index contributed by atoms with van der Waals surface area (Å²) < 4.78 is 13.6. The molecule has 1 N–H and O–H groups in total. The first kappa shape index (κ1) is 16.7. The van der Waals surface area contributed by atoms with Crippen molar-refractivity contribution in [2.75, 3.05) is 13.6 Å². The number of halogens is 2. The van der Waals surface area contributed by atoms with E-state index in [1.165, 1.54) is 15.9 Å². The van der Waals surface area contributed by atoms with E-state index in [4.69, 9.17) is 11.6 Å². The molecule has 5 nitrogen and oxygen atoms in total. The minimum absolute atomic E-state index is 0.0835. The van der Waals surface area contributed by atoms with Crippen LogP contribution in [-0.2, 0) is 16.2 Å². The van der Waals surface area contributed by atoms with Gasteiger partial charge >= 0.3 is 0 Å². The number of carbonyl (C=O) groups is 2. The van der Waals surface area contributed by atoms with Gasteiger partial charge in [-0.1, -0.05) is 11.6 Å². The van der Waals surface area contributed by atoms with E-state index in [0.29, 0.717) is 11.1 Å². The van der Waals surface area contributed by atoms with Gasteiger partial charge in [0.15, 0.2) is 0 Å². The minimum atomic E-state index is -0.578. The van der Waals surface area contributed by atoms with Crippen molar-refractivity contribution in [1.29, 1.82) is 0 Å². The maximum atomic E-state index is 13.6. The smallest absolute Gasteiger partial charge is 0.246 e. The fourth-order valence-electron chi connectivity index (χ4n) is 2.62. The number of piperazine rings is 1. The quantitative estimate of drug-likeness (QED) is 0.919. The van der Waals surface area contributed by atoms with Crippen molar-refractivity contribution in [2.45, 2.75) is 32.5 Å². The highest BCUT2D eigenvalue weighted by atomic mass is 35.5. The maximum absolute atomic E-state index is 13.6. The van der Waals surface area contributed by atoms with E-state index in [1.54, 1.807) is 20.9 Å². The van der Waals surface area contributed by atoms with Gasteiger partial charge in [-0.05, 0) is 31.5 Å². The molecule has 1 aliphatic rings. The SMILES string of the molecule is C[C@H]1C(=O)N([C@@H](C)c2cc(F)cc(Cl)c2CO)CC(=O)N1C. The van der Waals surface area contributed by atoms with Crippen molar-refractivity contribution >= 4 is 23.4 Å². The Morgan fingerprint density at radius 1 is 1.45 bits per heavy atom. The van der Waals surface area contributed by atoms with Gasteiger partial charge in [0.25, 0.3) is 0 Å². The van der Waals surface area contributed by atoms with Gasteiger partial charge in [-0.2, -0.15) is 0 Å². The molecule has 0 unspecified atom stereocenters. The molecule has 2 amide bonds. The Labute approximate surface area is 133 Å². The van der Waals surface area contributed by atoms with E-state index in [9.17, 15) is 19.1 Å². The average molecular weight is 329 g/mol. The molecule has 1 fully saturated rings. The van der Waals surface area contributed by atoms with Crippen molar-refractivity contribution in [2.24, 2.45) is 0 Å². The Kier molecular flexibility index (Phi) is 4.72. The normalized spacial score (nSPS) is 20.5. The summed E-state index contributed by atoms with van der Waals surface area (Å²) in [6.45, 7) is 2.88. The molecule has 1 heterocycles. The van der Waals surface area contributed by atoms with Crippen LogP contribution in [0.4, 0.5) is 4.39 Å². The molecule has 0 saturated carbocycles. The van der Waals surface area contributed by atoms with Crippen molar-refractivity contribution in [3.63, 3.8) is 0 Å². The van der Waals surface area contributed by atoms with Gasteiger partial charge in [-0.3, -0.25) is 9.59 Å². The number of aliphatic hydroxyl groups is 1. The van der Waals surface area contributed by atoms with Gasteiger partial charge in [-0.25, -0.2) is 4.39 Å². The van der Waals surface area contributed by atoms with Crippen molar-refractivity contribution in [3.8, 4) is 0 Å². The monoisotopic (exact) mass is 328 g/mol. The van der Waals surface area contributed by atoms with E-state index < -0.39 is 17.9 Å². The van der Waals surface area contributed by atoms with E-state index in [0.717, 1.165) is 6.07 Å². The zero-order valence-electron chi connectivity index (χ0n) is 12.6. The van der Waals surface area contributed by atoms with Crippen molar-refractivity contribution in [3.05, 3.63) is 34.1 Å². The molecule has 7 heteroatoms. The highest BCUT2D eigenvalue weighted by Crippen LogP contribution is 2.31. The van der Waals surface area contributed by atoms with E-state index in [2.05, 4.69) is 0 Å². The number of aliphatic hydroxyl groups excluding tert-OH is 1. The summed E-state index contributed by atoms with van der Waals surface area (Å²) in [5.74, 6) is -0.962. The zero-order chi connectivity index (χ0) is 16.6. The van der Waals surface area contributed by atoms with Crippen molar-refractivity contribution in [1.82, 2.24) is 9.80 Å². The van der Waals surface area contributed by atoms with Crippen LogP contribution in [0.1, 0.15) is 31.0 Å². The first-order valence-corrected chi connectivity index (χ1v) is 7.30. The summed E-state index contributed by atoms with van der Waals surface area (Å²) in [7, 11) is 1.57. The first-order chi connectivity index (χ1) is 10.3. The second-order valence-corrected chi connectivity index (χ2v) is 5.84. The number of hydrogen-bond acceptors (Lipinski definition) is 3. The van der Waals surface area contributed by atoms with E-state index in [1.807, 2.05) is 0 Å². The van der Waals surface area contributed by atoms with Crippen LogP contribution in [0.2, 0.25) is 5.02 Å². The third kappa shape index (κ3) is 2.80. The molecule has 22 heavy (non-hydrogen) atoms. The Morgan fingerprint density at radius 2 is 2.09 bits per heavy atom. The third-order valence-electron chi connectivity index (χ3n) is 4.19. The number of likely N-dealkylation sites (N-methyl/N-ethyl adjacent to an activating group) is 1. The summed E-state index contributed by atoms with van der Waals surface area (Å²) in [6, 6.07) is 1.21. The number of carbonyl (C=O) groups excluding carboxylic acids is 2. The lowest BCUT2D eigenvalue weighted by Crippen LogP contribution is -2.57. The molecule has 0 bridgehead atoms. The predicted octanol–water partition coefficient (Wildman–Crippen LogP) is 1.72. The fourth-order valence-corrected chi connectivity index (χ4v) is 2.89. The number of benzene rings is 1. The van der Waals surface area contributed by atoms with Gasteiger partial charge in [0.1, 0.15) is 18.4 Å². The van der Waals surface area contributed by atoms with E-state index in [-0.39, 0.29) is 30.0 Å². The van der Waals surface area contributed by atoms with Gasteiger partial charge in [0.2, 0.25) is 11.8 Å². The molecule has 120 valence electrons. The zero-order valence-corrected chi connectivity index (χ0v) is 13.4. The maximum Gasteiger partial charge on any atom is 0.246 e. The molecule has 1 aromatic rings. The van der Waals surface area contributed by atoms with Crippen LogP contribution in [-0.4, -0.2) is 46.4 Å².